The van der Waals surface area contributed by atoms with Crippen LogP contribution in [0.4, 0.5) is 17.1 Å². The summed E-state index contributed by atoms with van der Waals surface area (Å²) in [6.07, 6.45) is 20.2. The predicted molar refractivity (Wildman–Crippen MR) is 288 cm³/mol. The summed E-state index contributed by atoms with van der Waals surface area (Å²) in [5, 5.41) is 5.72. The van der Waals surface area contributed by atoms with Crippen molar-refractivity contribution in [3.05, 3.63) is 288 Å². The summed E-state index contributed by atoms with van der Waals surface area (Å²) in [6.45, 7) is 0. The van der Waals surface area contributed by atoms with Gasteiger partial charge in [-0.2, -0.15) is 0 Å². The largest absolute Gasteiger partial charge is 0.469 e. The second kappa shape index (κ2) is 18.3. The number of hydrogen-bond donors (Lipinski definition) is 1. The Hall–Kier alpha value is -8.44. The maximum Gasteiger partial charge on any atom is 0.176 e. The maximum absolute atomic E-state index is 6.97. The molecule has 0 spiro atoms. The second-order valence-electron chi connectivity index (χ2n) is 17.9. The maximum atomic E-state index is 6.97. The quantitative estimate of drug-likeness (QED) is 0.139. The van der Waals surface area contributed by atoms with Crippen LogP contribution in [0, 0.1) is 0 Å². The average Bonchev–Trinajstić information content (AvgIpc) is 3.59. The molecule has 9 aromatic rings. The fraction of sp³-hybridized carbons (Fsp3) is 0.0769. The fourth-order valence-electron chi connectivity index (χ4n) is 10.5. The van der Waals surface area contributed by atoms with Crippen LogP contribution in [0.25, 0.3) is 44.2 Å². The summed E-state index contributed by atoms with van der Waals surface area (Å²) < 4.78 is 9.36. The van der Waals surface area contributed by atoms with Gasteiger partial charge in [0.2, 0.25) is 0 Å². The molecule has 0 fully saturated rings. The van der Waals surface area contributed by atoms with Gasteiger partial charge in [0, 0.05) is 45.0 Å². The first kappa shape index (κ1) is 42.0. The van der Waals surface area contributed by atoms with Gasteiger partial charge in [-0.05, 0) is 137 Å². The van der Waals surface area contributed by atoms with Gasteiger partial charge in [-0.1, -0.05) is 182 Å². The number of nitrogens with one attached hydrogen (secondary N) is 1. The van der Waals surface area contributed by atoms with Crippen LogP contribution in [0.1, 0.15) is 40.8 Å². The number of allylic oxidation sites excluding steroid dienone is 12. The summed E-state index contributed by atoms with van der Waals surface area (Å²) >= 11 is 0. The zero-order valence-corrected chi connectivity index (χ0v) is 38.5. The molecular weight excluding hydrogens is 839 g/mol. The second-order valence-corrected chi connectivity index (χ2v) is 17.9. The van der Waals surface area contributed by atoms with Crippen LogP contribution in [0.2, 0.25) is 0 Å². The number of aromatic nitrogens is 1. The molecule has 0 saturated heterocycles. The molecule has 0 amide bonds. The third-order valence-electron chi connectivity index (χ3n) is 13.8. The molecule has 2 unspecified atom stereocenters. The molecule has 0 aliphatic heterocycles. The molecule has 2 atom stereocenters. The first-order chi connectivity index (χ1) is 34.2. The van der Waals surface area contributed by atoms with Crippen molar-refractivity contribution in [3.8, 4) is 22.6 Å². The number of fused-ring (bicyclic) bond motifs is 7. The standard InChI is InChI=1S/C65H51N3O/c1-66-65(47-18-6-2-7-19-47)69-63-31-17-30-59-61-44-49(46-32-37-54(38-33-46)67(52-23-9-4-10-24-52)53-25-11-5-12-26-53)36-41-62(61)68(64(59)63)55-39-34-45(35-40-55)48-22-16-29-58-56-28-15-14-21-50(56)42-51-20-8-3-13-27-57(51)60(58)43-48/h2,4-41,43-44,48,65-66H,3,42H2,1H3. The monoisotopic (exact) mass is 889 g/mol. The number of nitrogens with zero attached hydrogens (tertiary/aromatic N) is 2. The smallest absolute Gasteiger partial charge is 0.176 e. The van der Waals surface area contributed by atoms with Gasteiger partial charge in [0.15, 0.2) is 6.23 Å². The lowest BCUT2D eigenvalue weighted by Crippen LogP contribution is -2.22. The lowest BCUT2D eigenvalue weighted by atomic mass is 9.88. The Morgan fingerprint density at radius 2 is 1.29 bits per heavy atom. The Morgan fingerprint density at radius 3 is 2.04 bits per heavy atom. The molecule has 0 bridgehead atoms. The highest BCUT2D eigenvalue weighted by atomic mass is 16.5. The van der Waals surface area contributed by atoms with E-state index in [4.69, 9.17) is 4.74 Å². The molecule has 0 saturated carbocycles. The molecule has 69 heavy (non-hydrogen) atoms. The summed E-state index contributed by atoms with van der Waals surface area (Å²) in [5.74, 6) is 0.894. The normalized spacial score (nSPS) is 15.6. The molecule has 12 rings (SSSR count). The first-order valence-electron chi connectivity index (χ1n) is 24.0. The first-order valence-corrected chi connectivity index (χ1v) is 24.0. The predicted octanol–water partition coefficient (Wildman–Crippen LogP) is 16.2. The van der Waals surface area contributed by atoms with E-state index in [1.54, 1.807) is 0 Å². The molecule has 1 heterocycles. The highest BCUT2D eigenvalue weighted by Gasteiger charge is 2.25. The Bertz CT molecular complexity index is 3500. The van der Waals surface area contributed by atoms with E-state index in [2.05, 4.69) is 258 Å². The van der Waals surface area contributed by atoms with Gasteiger partial charge in [-0.25, -0.2) is 0 Å². The molecule has 1 aromatic heterocycles. The van der Waals surface area contributed by atoms with Crippen molar-refractivity contribution in [2.24, 2.45) is 0 Å². The van der Waals surface area contributed by atoms with Gasteiger partial charge in [0.1, 0.15) is 5.75 Å². The van der Waals surface area contributed by atoms with E-state index in [0.717, 1.165) is 79.8 Å². The summed E-state index contributed by atoms with van der Waals surface area (Å²) in [6, 6.07) is 71.8. The van der Waals surface area contributed by atoms with Crippen LogP contribution < -0.4 is 15.0 Å². The van der Waals surface area contributed by atoms with Crippen molar-refractivity contribution in [3.63, 3.8) is 0 Å². The number of rotatable bonds is 10. The Kier molecular flexibility index (Phi) is 11.1. The zero-order valence-electron chi connectivity index (χ0n) is 38.5. The third-order valence-corrected chi connectivity index (χ3v) is 13.8. The molecular formula is C65H51N3O. The van der Waals surface area contributed by atoms with E-state index in [9.17, 15) is 0 Å². The van der Waals surface area contributed by atoms with Crippen LogP contribution in [0.3, 0.4) is 0 Å². The summed E-state index contributed by atoms with van der Waals surface area (Å²) in [5.41, 5.74) is 19.1. The third kappa shape index (κ3) is 7.95. The van der Waals surface area contributed by atoms with Crippen molar-refractivity contribution in [1.82, 2.24) is 9.88 Å². The van der Waals surface area contributed by atoms with Crippen LogP contribution in [0.15, 0.2) is 266 Å². The molecule has 4 heteroatoms. The number of ether oxygens (including phenoxy) is 1. The molecule has 1 N–H and O–H groups in total. The number of anilines is 3. The minimum absolute atomic E-state index is 0.0863. The van der Waals surface area contributed by atoms with Gasteiger partial charge in [0.25, 0.3) is 0 Å². The van der Waals surface area contributed by atoms with Crippen molar-refractivity contribution >= 4 is 44.4 Å². The minimum Gasteiger partial charge on any atom is -0.469 e. The number of para-hydroxylation sites is 3. The van der Waals surface area contributed by atoms with Crippen molar-refractivity contribution in [2.45, 2.75) is 25.0 Å². The summed E-state index contributed by atoms with van der Waals surface area (Å²) in [4.78, 5) is 2.30. The number of benzene rings is 8. The Morgan fingerprint density at radius 1 is 0.609 bits per heavy atom. The zero-order chi connectivity index (χ0) is 46.1. The van der Waals surface area contributed by atoms with Crippen LogP contribution in [-0.4, -0.2) is 11.6 Å². The topological polar surface area (TPSA) is 29.4 Å². The van der Waals surface area contributed by atoms with Crippen LogP contribution >= 0.6 is 0 Å². The van der Waals surface area contributed by atoms with E-state index in [-0.39, 0.29) is 12.1 Å². The average molecular weight is 890 g/mol. The number of hydrogen-bond acceptors (Lipinski definition) is 3. The van der Waals surface area contributed by atoms with Crippen molar-refractivity contribution in [2.75, 3.05) is 11.9 Å². The highest BCUT2D eigenvalue weighted by Crippen LogP contribution is 2.44. The molecule has 0 radical (unpaired) electrons. The summed E-state index contributed by atoms with van der Waals surface area (Å²) in [7, 11) is 1.95. The van der Waals surface area contributed by atoms with E-state index >= 15 is 0 Å². The molecule has 8 aromatic carbocycles. The lowest BCUT2D eigenvalue weighted by Gasteiger charge is -2.25. The molecule has 3 aliphatic carbocycles. The van der Waals surface area contributed by atoms with E-state index in [1.165, 1.54) is 39.0 Å². The van der Waals surface area contributed by atoms with Crippen LogP contribution in [-0.2, 0) is 6.42 Å². The molecule has 332 valence electrons. The van der Waals surface area contributed by atoms with Crippen molar-refractivity contribution in [1.29, 1.82) is 0 Å². The van der Waals surface area contributed by atoms with E-state index in [1.807, 2.05) is 13.1 Å². The molecule has 4 nitrogen and oxygen atoms in total. The van der Waals surface area contributed by atoms with Crippen LogP contribution in [0.5, 0.6) is 5.75 Å². The molecule has 3 aliphatic rings. The van der Waals surface area contributed by atoms with Gasteiger partial charge in [-0.15, -0.1) is 0 Å². The van der Waals surface area contributed by atoms with Gasteiger partial charge < -0.3 is 14.2 Å². The lowest BCUT2D eigenvalue weighted by molar-refractivity contribution is 0.179. The van der Waals surface area contributed by atoms with Gasteiger partial charge in [0.05, 0.1) is 11.0 Å². The van der Waals surface area contributed by atoms with Crippen molar-refractivity contribution < 1.29 is 4.74 Å². The van der Waals surface area contributed by atoms with Gasteiger partial charge >= 0.3 is 0 Å². The van der Waals surface area contributed by atoms with Gasteiger partial charge in [-0.3, -0.25) is 5.32 Å². The fourth-order valence-corrected chi connectivity index (χ4v) is 10.5. The SMILES string of the molecule is CNC(Oc1cccc2c3cc(-c4ccc(N(c5ccccc5)c5ccccc5)cc4)ccc3n(-c3ccc(C4C=CC=C5C(=C4)C4=C(C=CCC=C4)Cc4ccccc45)cc3)c12)c1ccccc1. The Balaban J connectivity index is 0.952. The highest BCUT2D eigenvalue weighted by molar-refractivity contribution is 6.12. The van der Waals surface area contributed by atoms with E-state index < -0.39 is 0 Å². The Labute approximate surface area is 404 Å². The van der Waals surface area contributed by atoms with E-state index in [0.29, 0.717) is 0 Å². The minimum atomic E-state index is -0.343.